The maximum atomic E-state index is 11.5. The zero-order valence-corrected chi connectivity index (χ0v) is 14.1. The molecule has 2 aromatic carbocycles. The van der Waals surface area contributed by atoms with Crippen LogP contribution in [0, 0.1) is 0 Å². The van der Waals surface area contributed by atoms with Gasteiger partial charge < -0.3 is 9.67 Å². The monoisotopic (exact) mass is 407 g/mol. The van der Waals surface area contributed by atoms with Crippen LogP contribution in [0.1, 0.15) is 15.9 Å². The number of para-hydroxylation sites is 1. The molecule has 0 aliphatic carbocycles. The van der Waals surface area contributed by atoms with Crippen molar-refractivity contribution in [1.29, 1.82) is 0 Å². The molecule has 1 heterocycles. The summed E-state index contributed by atoms with van der Waals surface area (Å²) in [5.74, 6) is -0.926. The van der Waals surface area contributed by atoms with E-state index >= 15 is 0 Å². The number of halogens is 2. The first-order chi connectivity index (χ1) is 10.1. The van der Waals surface area contributed by atoms with Gasteiger partial charge in [-0.05, 0) is 39.7 Å². The third kappa shape index (κ3) is 2.51. The Hall–Kier alpha value is -1.59. The molecule has 0 amide bonds. The Kier molecular flexibility index (Phi) is 3.87. The predicted octanol–water partition coefficient (Wildman–Crippen LogP) is 4.99. The minimum Gasteiger partial charge on any atom is -0.478 e. The van der Waals surface area contributed by atoms with Gasteiger partial charge >= 0.3 is 5.97 Å². The highest BCUT2D eigenvalue weighted by Gasteiger charge is 2.15. The quantitative estimate of drug-likeness (QED) is 0.620. The molecule has 21 heavy (non-hydrogen) atoms. The van der Waals surface area contributed by atoms with E-state index < -0.39 is 5.97 Å². The highest BCUT2D eigenvalue weighted by atomic mass is 79.9. The first-order valence-electron chi connectivity index (χ1n) is 6.30. The van der Waals surface area contributed by atoms with Crippen LogP contribution < -0.4 is 0 Å². The van der Waals surface area contributed by atoms with E-state index in [1.807, 2.05) is 41.1 Å². The van der Waals surface area contributed by atoms with Crippen molar-refractivity contribution < 1.29 is 9.90 Å². The van der Waals surface area contributed by atoms with E-state index in [0.717, 1.165) is 20.9 Å². The van der Waals surface area contributed by atoms with E-state index in [0.29, 0.717) is 11.1 Å². The zero-order valence-electron chi connectivity index (χ0n) is 10.9. The molecule has 0 unspecified atom stereocenters. The number of fused-ring (bicyclic) bond motifs is 1. The fraction of sp³-hybridized carbons (Fsp3) is 0.0625. The lowest BCUT2D eigenvalue weighted by Crippen LogP contribution is -2.01. The molecular weight excluding hydrogens is 398 g/mol. The van der Waals surface area contributed by atoms with E-state index in [9.17, 15) is 9.90 Å². The lowest BCUT2D eigenvalue weighted by Gasteiger charge is -2.08. The second-order valence-corrected chi connectivity index (χ2v) is 6.07. The topological polar surface area (TPSA) is 42.2 Å². The lowest BCUT2D eigenvalue weighted by atomic mass is 10.1. The van der Waals surface area contributed by atoms with Crippen LogP contribution in [0.5, 0.6) is 0 Å². The number of rotatable bonds is 3. The number of benzene rings is 2. The van der Waals surface area contributed by atoms with Gasteiger partial charge in [0.2, 0.25) is 0 Å². The Bertz CT molecular complexity index is 822. The van der Waals surface area contributed by atoms with E-state index in [1.165, 1.54) is 5.56 Å². The van der Waals surface area contributed by atoms with Gasteiger partial charge in [0, 0.05) is 27.1 Å². The molecule has 3 aromatic rings. The van der Waals surface area contributed by atoms with Gasteiger partial charge in [-0.2, -0.15) is 0 Å². The normalized spacial score (nSPS) is 11.0. The van der Waals surface area contributed by atoms with Gasteiger partial charge in [0.15, 0.2) is 0 Å². The zero-order chi connectivity index (χ0) is 15.0. The molecule has 5 heteroatoms. The van der Waals surface area contributed by atoms with E-state index in [4.69, 9.17) is 0 Å². The van der Waals surface area contributed by atoms with E-state index in [2.05, 4.69) is 31.9 Å². The Labute approximate surface area is 138 Å². The van der Waals surface area contributed by atoms with Crippen molar-refractivity contribution in [2.24, 2.45) is 0 Å². The van der Waals surface area contributed by atoms with Crippen molar-refractivity contribution in [2.75, 3.05) is 0 Å². The Morgan fingerprint density at radius 1 is 1.14 bits per heavy atom. The molecule has 1 N–H and O–H groups in total. The van der Waals surface area contributed by atoms with Crippen LogP contribution in [0.4, 0.5) is 0 Å². The van der Waals surface area contributed by atoms with Gasteiger partial charge in [0.25, 0.3) is 0 Å². The minimum atomic E-state index is -0.926. The molecule has 0 saturated carbocycles. The predicted molar refractivity (Wildman–Crippen MR) is 90.6 cm³/mol. The van der Waals surface area contributed by atoms with E-state index in [-0.39, 0.29) is 0 Å². The summed E-state index contributed by atoms with van der Waals surface area (Å²) in [6.07, 6.45) is 1.90. The number of carboxylic acid groups (broad SMARTS) is 1. The number of carboxylic acids is 1. The van der Waals surface area contributed by atoms with Crippen LogP contribution in [0.2, 0.25) is 0 Å². The van der Waals surface area contributed by atoms with E-state index in [1.54, 1.807) is 12.1 Å². The molecule has 0 saturated heterocycles. The molecule has 3 nitrogen and oxygen atoms in total. The molecule has 0 fully saturated rings. The van der Waals surface area contributed by atoms with Gasteiger partial charge in [0.1, 0.15) is 0 Å². The first-order valence-corrected chi connectivity index (χ1v) is 8.21. The van der Waals surface area contributed by atoms with Crippen molar-refractivity contribution >= 4 is 48.7 Å². The average Bonchev–Trinajstić information content (AvgIpc) is 2.84. The molecule has 0 bridgehead atoms. The van der Waals surface area contributed by atoms with Gasteiger partial charge in [-0.25, -0.2) is 4.79 Å². The van der Waals surface area contributed by atoms with Crippen molar-refractivity contribution in [3.8, 4) is 5.69 Å². The fourth-order valence-corrected chi connectivity index (χ4v) is 3.26. The fourth-order valence-electron chi connectivity index (χ4n) is 2.37. The van der Waals surface area contributed by atoms with Crippen LogP contribution in [-0.4, -0.2) is 15.6 Å². The second kappa shape index (κ2) is 5.66. The number of aromatic carboxylic acids is 1. The number of hydrogen-bond donors (Lipinski definition) is 1. The standard InChI is InChI=1S/C16H11Br2NO2/c17-8-10-4-6-11(7-5-10)19-9-14(18)12-2-1-3-13(15(12)19)16(20)21/h1-7,9H,8H2,(H,20,21). The largest absolute Gasteiger partial charge is 0.478 e. The number of hydrogen-bond acceptors (Lipinski definition) is 1. The van der Waals surface area contributed by atoms with Crippen molar-refractivity contribution in [3.63, 3.8) is 0 Å². The molecule has 0 aliphatic rings. The van der Waals surface area contributed by atoms with Crippen molar-refractivity contribution in [1.82, 2.24) is 4.57 Å². The smallest absolute Gasteiger partial charge is 0.337 e. The number of alkyl halides is 1. The molecule has 3 rings (SSSR count). The Morgan fingerprint density at radius 3 is 2.48 bits per heavy atom. The SMILES string of the molecule is O=C(O)c1cccc2c(Br)cn(-c3ccc(CBr)cc3)c12. The van der Waals surface area contributed by atoms with Crippen molar-refractivity contribution in [3.05, 3.63) is 64.3 Å². The number of nitrogens with zero attached hydrogens (tertiary/aromatic N) is 1. The summed E-state index contributed by atoms with van der Waals surface area (Å²) >= 11 is 6.93. The molecule has 0 atom stereocenters. The summed E-state index contributed by atoms with van der Waals surface area (Å²) in [5.41, 5.74) is 3.10. The lowest BCUT2D eigenvalue weighted by molar-refractivity contribution is 0.0698. The van der Waals surface area contributed by atoms with Crippen LogP contribution in [0.3, 0.4) is 0 Å². The highest BCUT2D eigenvalue weighted by molar-refractivity contribution is 9.10. The average molecular weight is 409 g/mol. The summed E-state index contributed by atoms with van der Waals surface area (Å²) in [7, 11) is 0. The van der Waals surface area contributed by atoms with Crippen molar-refractivity contribution in [2.45, 2.75) is 5.33 Å². The maximum absolute atomic E-state index is 11.5. The number of carbonyl (C=O) groups is 1. The summed E-state index contributed by atoms with van der Waals surface area (Å²) in [6, 6.07) is 13.3. The molecular formula is C16H11Br2NO2. The maximum Gasteiger partial charge on any atom is 0.337 e. The summed E-state index contributed by atoms with van der Waals surface area (Å²) < 4.78 is 2.78. The molecule has 106 valence electrons. The number of aromatic nitrogens is 1. The summed E-state index contributed by atoms with van der Waals surface area (Å²) in [4.78, 5) is 11.5. The van der Waals surface area contributed by atoms with Gasteiger partial charge in [-0.15, -0.1) is 0 Å². The highest BCUT2D eigenvalue weighted by Crippen LogP contribution is 2.31. The first kappa shape index (κ1) is 14.4. The molecule has 0 spiro atoms. The van der Waals surface area contributed by atoms with Crippen LogP contribution >= 0.6 is 31.9 Å². The molecule has 0 aliphatic heterocycles. The minimum absolute atomic E-state index is 0.294. The molecule has 1 aromatic heterocycles. The third-order valence-electron chi connectivity index (χ3n) is 3.38. The second-order valence-electron chi connectivity index (χ2n) is 4.65. The third-order valence-corrected chi connectivity index (χ3v) is 4.66. The van der Waals surface area contributed by atoms with Gasteiger partial charge in [-0.1, -0.05) is 40.2 Å². The molecule has 0 radical (unpaired) electrons. The van der Waals surface area contributed by atoms with Gasteiger partial charge in [0.05, 0.1) is 11.1 Å². The Balaban J connectivity index is 2.28. The summed E-state index contributed by atoms with van der Waals surface area (Å²) in [6.45, 7) is 0. The summed E-state index contributed by atoms with van der Waals surface area (Å²) in [5, 5.41) is 11.1. The van der Waals surface area contributed by atoms with Crippen LogP contribution in [0.25, 0.3) is 16.6 Å². The Morgan fingerprint density at radius 2 is 1.86 bits per heavy atom. The van der Waals surface area contributed by atoms with Gasteiger partial charge in [-0.3, -0.25) is 0 Å². The van der Waals surface area contributed by atoms with Crippen LogP contribution in [-0.2, 0) is 5.33 Å². The van der Waals surface area contributed by atoms with Crippen LogP contribution in [0.15, 0.2) is 53.1 Å².